The third-order valence-electron chi connectivity index (χ3n) is 7.55. The number of nitrogens with one attached hydrogen (secondary N) is 1. The van der Waals surface area contributed by atoms with E-state index >= 15 is 0 Å². The first-order valence-corrected chi connectivity index (χ1v) is 10.6. The number of H-pyrrole nitrogens is 1. The highest BCUT2D eigenvalue weighted by Crippen LogP contribution is 2.53. The molecule has 1 aliphatic carbocycles. The number of piperidine rings is 1. The van der Waals surface area contributed by atoms with E-state index in [2.05, 4.69) is 46.8 Å². The van der Waals surface area contributed by atoms with Gasteiger partial charge in [-0.3, -0.25) is 9.59 Å². The average molecular weight is 380 g/mol. The van der Waals surface area contributed by atoms with E-state index < -0.39 is 0 Å². The van der Waals surface area contributed by atoms with Gasteiger partial charge in [-0.05, 0) is 43.9 Å². The van der Waals surface area contributed by atoms with Gasteiger partial charge < -0.3 is 14.8 Å². The van der Waals surface area contributed by atoms with Crippen molar-refractivity contribution in [1.29, 1.82) is 0 Å². The summed E-state index contributed by atoms with van der Waals surface area (Å²) < 4.78 is 0. The van der Waals surface area contributed by atoms with E-state index in [0.717, 1.165) is 43.0 Å². The minimum atomic E-state index is 0.00332. The van der Waals surface area contributed by atoms with Crippen molar-refractivity contribution in [3.05, 3.63) is 35.5 Å². The Morgan fingerprint density at radius 2 is 1.89 bits per heavy atom. The summed E-state index contributed by atoms with van der Waals surface area (Å²) in [6, 6.07) is 8.84. The van der Waals surface area contributed by atoms with Crippen LogP contribution in [0.3, 0.4) is 0 Å². The summed E-state index contributed by atoms with van der Waals surface area (Å²) in [5, 5.41) is 1.07. The van der Waals surface area contributed by atoms with Crippen LogP contribution in [0.25, 0.3) is 10.9 Å². The van der Waals surface area contributed by atoms with E-state index in [0.29, 0.717) is 12.2 Å². The maximum atomic E-state index is 13.6. The van der Waals surface area contributed by atoms with Crippen LogP contribution in [0.15, 0.2) is 24.3 Å². The summed E-state index contributed by atoms with van der Waals surface area (Å²) in [6.45, 7) is 6.73. The van der Waals surface area contributed by atoms with Gasteiger partial charge in [0.15, 0.2) is 0 Å². The number of rotatable bonds is 1. The van der Waals surface area contributed by atoms with E-state index in [1.165, 1.54) is 5.56 Å². The monoisotopic (exact) mass is 379 g/mol. The SMILES string of the molecule is CC(=O)N1[C@@H]2CN(C(=O)c3cc4ccc(C)cc4[nH]3)[C@@H]3CCCC[C@H]1[C@]3(C)C2. The normalized spacial score (nSPS) is 31.9. The molecule has 0 unspecified atom stereocenters. The smallest absolute Gasteiger partial charge is 0.270 e. The van der Waals surface area contributed by atoms with Gasteiger partial charge in [-0.25, -0.2) is 0 Å². The van der Waals surface area contributed by atoms with Crippen LogP contribution in [0.5, 0.6) is 0 Å². The highest BCUT2D eigenvalue weighted by Gasteiger charge is 2.60. The second-order valence-corrected chi connectivity index (χ2v) is 9.34. The molecule has 3 aliphatic rings. The van der Waals surface area contributed by atoms with Crippen LogP contribution in [0.4, 0.5) is 0 Å². The maximum Gasteiger partial charge on any atom is 0.270 e. The minimum Gasteiger partial charge on any atom is -0.351 e. The molecule has 1 N–H and O–H groups in total. The Kier molecular flexibility index (Phi) is 3.87. The summed E-state index contributed by atoms with van der Waals surface area (Å²) in [4.78, 5) is 33.6. The Morgan fingerprint density at radius 3 is 2.64 bits per heavy atom. The van der Waals surface area contributed by atoms with Crippen LogP contribution >= 0.6 is 0 Å². The lowest BCUT2D eigenvalue weighted by molar-refractivity contribution is -0.132. The lowest BCUT2D eigenvalue weighted by Gasteiger charge is -2.46. The minimum absolute atomic E-state index is 0.00332. The Hall–Kier alpha value is -2.30. The fourth-order valence-electron chi connectivity index (χ4n) is 6.38. The van der Waals surface area contributed by atoms with Gasteiger partial charge in [0.25, 0.3) is 5.91 Å². The predicted octanol–water partition coefficient (Wildman–Crippen LogP) is 3.87. The van der Waals surface area contributed by atoms with E-state index in [-0.39, 0.29) is 35.4 Å². The quantitative estimate of drug-likeness (QED) is 0.818. The fourth-order valence-corrected chi connectivity index (χ4v) is 6.38. The highest BCUT2D eigenvalue weighted by molar-refractivity contribution is 5.98. The Balaban J connectivity index is 1.54. The number of carbonyl (C=O) groups is 2. The highest BCUT2D eigenvalue weighted by atomic mass is 16.2. The van der Waals surface area contributed by atoms with Crippen molar-refractivity contribution < 1.29 is 9.59 Å². The van der Waals surface area contributed by atoms with Crippen molar-refractivity contribution in [2.75, 3.05) is 6.54 Å². The van der Waals surface area contributed by atoms with Gasteiger partial charge >= 0.3 is 0 Å². The number of carbonyl (C=O) groups excluding carboxylic acids is 2. The topological polar surface area (TPSA) is 56.4 Å². The second-order valence-electron chi connectivity index (χ2n) is 9.34. The largest absolute Gasteiger partial charge is 0.351 e. The standard InChI is InChI=1S/C23H29N3O2/c1-14-8-9-16-11-19(24-18(16)10-14)22(28)25-13-17-12-23(3)20(25)6-4-5-7-21(23)26(17)15(2)27/h8-11,17,20-21,24H,4-7,12-13H2,1-3H3/t17-,20+,21-,23+/m0/s1. The Morgan fingerprint density at radius 1 is 1.14 bits per heavy atom. The summed E-state index contributed by atoms with van der Waals surface area (Å²) in [6.07, 6.45) is 5.40. The zero-order valence-corrected chi connectivity index (χ0v) is 17.0. The van der Waals surface area contributed by atoms with Crippen LogP contribution in [-0.4, -0.2) is 51.3 Å². The van der Waals surface area contributed by atoms with Gasteiger partial charge in [-0.2, -0.15) is 0 Å². The molecule has 2 aliphatic heterocycles. The summed E-state index contributed by atoms with van der Waals surface area (Å²) >= 11 is 0. The molecule has 1 saturated carbocycles. The summed E-state index contributed by atoms with van der Waals surface area (Å²) in [5.74, 6) is 0.246. The van der Waals surface area contributed by atoms with Crippen molar-refractivity contribution in [2.45, 2.75) is 71.0 Å². The van der Waals surface area contributed by atoms with Gasteiger partial charge in [-0.15, -0.1) is 0 Å². The molecule has 4 atom stereocenters. The first kappa shape index (κ1) is 17.8. The van der Waals surface area contributed by atoms with Crippen LogP contribution in [0.1, 0.15) is 62.0 Å². The molecule has 2 saturated heterocycles. The molecular formula is C23H29N3O2. The Labute approximate surface area is 166 Å². The van der Waals surface area contributed by atoms with Gasteiger partial charge in [0.1, 0.15) is 5.69 Å². The first-order valence-electron chi connectivity index (χ1n) is 10.6. The fraction of sp³-hybridized carbons (Fsp3) is 0.565. The molecule has 28 heavy (non-hydrogen) atoms. The molecule has 2 amide bonds. The lowest BCUT2D eigenvalue weighted by atomic mass is 9.71. The van der Waals surface area contributed by atoms with E-state index in [4.69, 9.17) is 0 Å². The molecule has 0 spiro atoms. The van der Waals surface area contributed by atoms with Crippen LogP contribution in [0.2, 0.25) is 0 Å². The van der Waals surface area contributed by atoms with Crippen LogP contribution < -0.4 is 0 Å². The maximum absolute atomic E-state index is 13.6. The molecule has 1 aromatic carbocycles. The number of likely N-dealkylation sites (tertiary alicyclic amines) is 2. The van der Waals surface area contributed by atoms with Gasteiger partial charge in [0.2, 0.25) is 5.91 Å². The third kappa shape index (κ3) is 2.44. The van der Waals surface area contributed by atoms with Crippen LogP contribution in [-0.2, 0) is 4.79 Å². The molecule has 2 bridgehead atoms. The summed E-state index contributed by atoms with van der Waals surface area (Å²) in [5.41, 5.74) is 2.86. The number of nitrogens with zero attached hydrogens (tertiary/aromatic N) is 2. The number of aryl methyl sites for hydroxylation is 1. The van der Waals surface area contributed by atoms with Gasteiger partial charge in [0.05, 0.1) is 6.04 Å². The molecule has 5 rings (SSSR count). The van der Waals surface area contributed by atoms with Crippen LogP contribution in [0, 0.1) is 12.3 Å². The molecule has 0 radical (unpaired) electrons. The summed E-state index contributed by atoms with van der Waals surface area (Å²) in [7, 11) is 0. The zero-order chi connectivity index (χ0) is 19.6. The number of aromatic amines is 1. The average Bonchev–Trinajstić information content (AvgIpc) is 3.11. The number of benzene rings is 1. The molecule has 148 valence electrons. The molecule has 5 nitrogen and oxygen atoms in total. The van der Waals surface area contributed by atoms with E-state index in [9.17, 15) is 9.59 Å². The Bertz CT molecular complexity index is 964. The lowest BCUT2D eigenvalue weighted by Crippen LogP contribution is -2.55. The van der Waals surface area contributed by atoms with Crippen molar-refractivity contribution in [1.82, 2.24) is 14.8 Å². The predicted molar refractivity (Wildman–Crippen MR) is 109 cm³/mol. The molecule has 2 aromatic rings. The number of aromatic nitrogens is 1. The first-order chi connectivity index (χ1) is 13.4. The van der Waals surface area contributed by atoms with Crippen molar-refractivity contribution in [3.8, 4) is 0 Å². The van der Waals surface area contributed by atoms with Crippen molar-refractivity contribution in [2.24, 2.45) is 5.41 Å². The number of amides is 2. The zero-order valence-electron chi connectivity index (χ0n) is 17.0. The van der Waals surface area contributed by atoms with Crippen molar-refractivity contribution >= 4 is 22.7 Å². The number of hydrogen-bond acceptors (Lipinski definition) is 2. The molecule has 5 heteroatoms. The van der Waals surface area contributed by atoms with Gasteiger partial charge in [0, 0.05) is 41.9 Å². The van der Waals surface area contributed by atoms with E-state index in [1.54, 1.807) is 6.92 Å². The molecule has 3 fully saturated rings. The third-order valence-corrected chi connectivity index (χ3v) is 7.55. The number of fused-ring (bicyclic) bond motifs is 2. The number of hydrogen-bond donors (Lipinski definition) is 1. The second kappa shape index (κ2) is 6.10. The van der Waals surface area contributed by atoms with Gasteiger partial charge in [-0.1, -0.05) is 31.9 Å². The molecule has 1 aromatic heterocycles. The molecule has 3 heterocycles. The van der Waals surface area contributed by atoms with Crippen molar-refractivity contribution in [3.63, 3.8) is 0 Å². The molecular weight excluding hydrogens is 350 g/mol. The van der Waals surface area contributed by atoms with E-state index in [1.807, 2.05) is 6.07 Å².